The maximum absolute atomic E-state index is 4.88. The fraction of sp³-hybridized carbons (Fsp3) is 0.316. The van der Waals surface area contributed by atoms with Gasteiger partial charge in [0.25, 0.3) is 0 Å². The van der Waals surface area contributed by atoms with Crippen LogP contribution in [0.3, 0.4) is 0 Å². The Morgan fingerprint density at radius 2 is 1.95 bits per heavy atom. The largest absolute Gasteiger partial charge is 0.351 e. The van der Waals surface area contributed by atoms with Crippen molar-refractivity contribution in [2.45, 2.75) is 38.3 Å². The number of anilines is 1. The quantitative estimate of drug-likeness (QED) is 0.905. The monoisotopic (exact) mass is 291 g/mol. The minimum Gasteiger partial charge on any atom is -0.351 e. The Kier molecular flexibility index (Phi) is 3.34. The van der Waals surface area contributed by atoms with Crippen LogP contribution in [0.15, 0.2) is 53.5 Å². The number of aliphatic imine (C=N–C) groups is 1. The summed E-state index contributed by atoms with van der Waals surface area (Å²) in [6, 6.07) is 17.8. The number of hydrogen-bond acceptors (Lipinski definition) is 3. The van der Waals surface area contributed by atoms with E-state index in [4.69, 9.17) is 4.99 Å². The molecule has 0 fully saturated rings. The number of guanidine groups is 1. The van der Waals surface area contributed by atoms with E-state index in [1.165, 1.54) is 22.4 Å². The number of nitrogens with zero attached hydrogens (tertiary/aromatic N) is 1. The van der Waals surface area contributed by atoms with Crippen LogP contribution in [0.25, 0.3) is 0 Å². The SMILES string of the molecule is CCCc1ccccc1NC1=NC2c3ccccc3CC2N1. The molecule has 2 unspecified atom stereocenters. The molecule has 0 radical (unpaired) electrons. The molecule has 0 saturated heterocycles. The van der Waals surface area contributed by atoms with Gasteiger partial charge in [-0.15, -0.1) is 0 Å². The van der Waals surface area contributed by atoms with Crippen LogP contribution in [0.4, 0.5) is 5.69 Å². The summed E-state index contributed by atoms with van der Waals surface area (Å²) < 4.78 is 0. The molecule has 1 aliphatic carbocycles. The van der Waals surface area contributed by atoms with Crippen LogP contribution < -0.4 is 10.6 Å². The highest BCUT2D eigenvalue weighted by Gasteiger charge is 2.37. The molecule has 1 aliphatic heterocycles. The molecule has 2 N–H and O–H groups in total. The first kappa shape index (κ1) is 13.4. The van der Waals surface area contributed by atoms with Gasteiger partial charge < -0.3 is 10.6 Å². The van der Waals surface area contributed by atoms with Crippen LogP contribution in [0.5, 0.6) is 0 Å². The second-order valence-corrected chi connectivity index (χ2v) is 6.11. The molecule has 0 spiro atoms. The molecule has 0 aromatic heterocycles. The van der Waals surface area contributed by atoms with Gasteiger partial charge in [0.05, 0.1) is 12.1 Å². The third kappa shape index (κ3) is 2.27. The number of aryl methyl sites for hydroxylation is 1. The van der Waals surface area contributed by atoms with Crippen LogP contribution in [0, 0.1) is 0 Å². The van der Waals surface area contributed by atoms with Crippen molar-refractivity contribution in [3.63, 3.8) is 0 Å². The van der Waals surface area contributed by atoms with E-state index in [1.54, 1.807) is 0 Å². The molecule has 0 amide bonds. The average molecular weight is 291 g/mol. The molecular formula is C19H21N3. The van der Waals surface area contributed by atoms with Crippen LogP contribution in [-0.4, -0.2) is 12.0 Å². The number of rotatable bonds is 3. The van der Waals surface area contributed by atoms with E-state index in [1.807, 2.05) is 0 Å². The van der Waals surface area contributed by atoms with Crippen LogP contribution in [0.2, 0.25) is 0 Å². The maximum atomic E-state index is 4.88. The smallest absolute Gasteiger partial charge is 0.196 e. The number of nitrogens with one attached hydrogen (secondary N) is 2. The summed E-state index contributed by atoms with van der Waals surface area (Å²) in [5.74, 6) is 0.910. The standard InChI is InChI=1S/C19H21N3/c1-2-7-13-8-4-6-11-16(13)20-19-21-17-12-14-9-3-5-10-15(14)18(17)22-19/h3-6,8-11,17-18H,2,7,12H2,1H3,(H2,20,21,22). The first-order chi connectivity index (χ1) is 10.8. The van der Waals surface area contributed by atoms with E-state index in [0.29, 0.717) is 6.04 Å². The Bertz CT molecular complexity index is 720. The second-order valence-electron chi connectivity index (χ2n) is 6.11. The van der Waals surface area contributed by atoms with Crippen molar-refractivity contribution in [2.24, 2.45) is 4.99 Å². The number of para-hydroxylation sites is 1. The summed E-state index contributed by atoms with van der Waals surface area (Å²) in [6.07, 6.45) is 3.30. The van der Waals surface area contributed by atoms with Gasteiger partial charge in [-0.25, -0.2) is 4.99 Å². The first-order valence-corrected chi connectivity index (χ1v) is 8.12. The molecule has 1 heterocycles. The molecule has 3 heteroatoms. The summed E-state index contributed by atoms with van der Waals surface area (Å²) >= 11 is 0. The van der Waals surface area contributed by atoms with E-state index in [0.717, 1.165) is 25.2 Å². The van der Waals surface area contributed by atoms with E-state index >= 15 is 0 Å². The van der Waals surface area contributed by atoms with Gasteiger partial charge >= 0.3 is 0 Å². The lowest BCUT2D eigenvalue weighted by Gasteiger charge is -2.13. The average Bonchev–Trinajstić information content (AvgIpc) is 3.06. The molecule has 2 atom stereocenters. The molecule has 2 aromatic carbocycles. The minimum atomic E-state index is 0.261. The Morgan fingerprint density at radius 3 is 2.86 bits per heavy atom. The molecular weight excluding hydrogens is 270 g/mol. The molecule has 22 heavy (non-hydrogen) atoms. The lowest BCUT2D eigenvalue weighted by molar-refractivity contribution is 0.587. The van der Waals surface area contributed by atoms with E-state index in [9.17, 15) is 0 Å². The summed E-state index contributed by atoms with van der Waals surface area (Å²) in [7, 11) is 0. The Morgan fingerprint density at radius 1 is 1.14 bits per heavy atom. The van der Waals surface area contributed by atoms with Gasteiger partial charge in [-0.1, -0.05) is 55.8 Å². The van der Waals surface area contributed by atoms with Gasteiger partial charge in [-0.2, -0.15) is 0 Å². The summed E-state index contributed by atoms with van der Waals surface area (Å²) in [6.45, 7) is 2.21. The zero-order valence-corrected chi connectivity index (χ0v) is 12.8. The summed E-state index contributed by atoms with van der Waals surface area (Å²) in [4.78, 5) is 4.88. The van der Waals surface area contributed by atoms with Crippen molar-refractivity contribution >= 4 is 11.6 Å². The molecule has 0 saturated carbocycles. The van der Waals surface area contributed by atoms with Crippen molar-refractivity contribution in [3.05, 3.63) is 65.2 Å². The van der Waals surface area contributed by atoms with Gasteiger partial charge in [0.15, 0.2) is 5.96 Å². The third-order valence-electron chi connectivity index (χ3n) is 4.57. The zero-order chi connectivity index (χ0) is 14.9. The fourth-order valence-electron chi connectivity index (χ4n) is 3.54. The van der Waals surface area contributed by atoms with Crippen molar-refractivity contribution < 1.29 is 0 Å². The highest BCUT2D eigenvalue weighted by Crippen LogP contribution is 2.37. The van der Waals surface area contributed by atoms with E-state index in [2.05, 4.69) is 66.1 Å². The highest BCUT2D eigenvalue weighted by atomic mass is 15.3. The Labute approximate surface area is 131 Å². The van der Waals surface area contributed by atoms with Gasteiger partial charge in [0.2, 0.25) is 0 Å². The van der Waals surface area contributed by atoms with Crippen molar-refractivity contribution in [1.82, 2.24) is 5.32 Å². The fourth-order valence-corrected chi connectivity index (χ4v) is 3.54. The highest BCUT2D eigenvalue weighted by molar-refractivity contribution is 5.96. The first-order valence-electron chi connectivity index (χ1n) is 8.12. The second kappa shape index (κ2) is 5.48. The number of hydrogen-bond donors (Lipinski definition) is 2. The minimum absolute atomic E-state index is 0.261. The lowest BCUT2D eigenvalue weighted by atomic mass is 10.1. The Balaban J connectivity index is 1.57. The molecule has 2 aromatic rings. The van der Waals surface area contributed by atoms with Crippen molar-refractivity contribution in [3.8, 4) is 0 Å². The Hall–Kier alpha value is -2.29. The lowest BCUT2D eigenvalue weighted by Crippen LogP contribution is -2.34. The predicted octanol–water partition coefficient (Wildman–Crippen LogP) is 3.68. The van der Waals surface area contributed by atoms with Crippen LogP contribution in [-0.2, 0) is 12.8 Å². The number of fused-ring (bicyclic) bond motifs is 3. The zero-order valence-electron chi connectivity index (χ0n) is 12.8. The predicted molar refractivity (Wildman–Crippen MR) is 91.3 cm³/mol. The summed E-state index contributed by atoms with van der Waals surface area (Å²) in [5, 5.41) is 7.05. The molecule has 4 rings (SSSR count). The van der Waals surface area contributed by atoms with E-state index < -0.39 is 0 Å². The maximum Gasteiger partial charge on any atom is 0.196 e. The molecule has 112 valence electrons. The summed E-state index contributed by atoms with van der Waals surface area (Å²) in [5.41, 5.74) is 5.33. The van der Waals surface area contributed by atoms with E-state index in [-0.39, 0.29) is 6.04 Å². The third-order valence-corrected chi connectivity index (χ3v) is 4.57. The van der Waals surface area contributed by atoms with Crippen LogP contribution >= 0.6 is 0 Å². The van der Waals surface area contributed by atoms with Crippen molar-refractivity contribution in [1.29, 1.82) is 0 Å². The van der Waals surface area contributed by atoms with Gasteiger partial charge in [0.1, 0.15) is 0 Å². The molecule has 0 bridgehead atoms. The topological polar surface area (TPSA) is 36.4 Å². The molecule has 3 nitrogen and oxygen atoms in total. The molecule has 2 aliphatic rings. The van der Waals surface area contributed by atoms with Gasteiger partial charge in [-0.05, 0) is 35.6 Å². The van der Waals surface area contributed by atoms with Gasteiger partial charge in [-0.3, -0.25) is 0 Å². The normalized spacial score (nSPS) is 21.8. The number of benzene rings is 2. The van der Waals surface area contributed by atoms with Crippen molar-refractivity contribution in [2.75, 3.05) is 5.32 Å². The van der Waals surface area contributed by atoms with Gasteiger partial charge in [0, 0.05) is 5.69 Å². The van der Waals surface area contributed by atoms with Crippen LogP contribution in [0.1, 0.15) is 36.1 Å².